The maximum Gasteiger partial charge on any atom is 0.416 e. The summed E-state index contributed by atoms with van der Waals surface area (Å²) < 4.78 is 47.1. The number of aromatic nitrogens is 1. The zero-order valence-corrected chi connectivity index (χ0v) is 18.3. The number of aryl methyl sites for hydroxylation is 1. The number of carbonyl (C=O) groups excluding carboxylic acids is 1. The Labute approximate surface area is 186 Å². The van der Waals surface area contributed by atoms with Crippen molar-refractivity contribution in [1.29, 1.82) is 0 Å². The van der Waals surface area contributed by atoms with Crippen molar-refractivity contribution >= 4 is 6.29 Å². The number of nitrogens with zero attached hydrogens (tertiary/aromatic N) is 2. The van der Waals surface area contributed by atoms with E-state index in [1.165, 1.54) is 6.07 Å². The van der Waals surface area contributed by atoms with Crippen LogP contribution in [0.5, 0.6) is 5.75 Å². The third-order valence-electron chi connectivity index (χ3n) is 6.52. The van der Waals surface area contributed by atoms with Gasteiger partial charge in [-0.3, -0.25) is 9.88 Å². The fourth-order valence-electron chi connectivity index (χ4n) is 4.76. The highest BCUT2D eigenvalue weighted by Crippen LogP contribution is 2.41. The average molecular weight is 447 g/mol. The van der Waals surface area contributed by atoms with E-state index >= 15 is 0 Å². The number of hydrogen-bond acceptors (Lipinski definition) is 4. The largest absolute Gasteiger partial charge is 0.487 e. The minimum absolute atomic E-state index is 0.0115. The molecule has 0 N–H and O–H groups in total. The highest BCUT2D eigenvalue weighted by atomic mass is 19.4. The van der Waals surface area contributed by atoms with Gasteiger partial charge in [-0.15, -0.1) is 0 Å². The Bertz CT molecular complexity index is 949. The van der Waals surface area contributed by atoms with Crippen molar-refractivity contribution in [3.8, 4) is 5.75 Å². The van der Waals surface area contributed by atoms with Gasteiger partial charge in [0.1, 0.15) is 18.6 Å². The molecule has 32 heavy (non-hydrogen) atoms. The van der Waals surface area contributed by atoms with Gasteiger partial charge in [0, 0.05) is 25.6 Å². The van der Waals surface area contributed by atoms with Crippen molar-refractivity contribution in [3.63, 3.8) is 0 Å². The fourth-order valence-corrected chi connectivity index (χ4v) is 4.76. The van der Waals surface area contributed by atoms with Crippen LogP contribution >= 0.6 is 0 Å². The number of aldehydes is 1. The quantitative estimate of drug-likeness (QED) is 0.514. The Morgan fingerprint density at radius 1 is 1.12 bits per heavy atom. The van der Waals surface area contributed by atoms with Crippen molar-refractivity contribution in [2.75, 3.05) is 13.1 Å². The zero-order valence-electron chi connectivity index (χ0n) is 18.3. The molecule has 1 aliphatic heterocycles. The van der Waals surface area contributed by atoms with Gasteiger partial charge in [-0.25, -0.2) is 0 Å². The van der Waals surface area contributed by atoms with Gasteiger partial charge in [-0.1, -0.05) is 31.4 Å². The monoisotopic (exact) mass is 446 g/mol. The summed E-state index contributed by atoms with van der Waals surface area (Å²) in [6.45, 7) is 4.06. The van der Waals surface area contributed by atoms with Crippen LogP contribution in [0.3, 0.4) is 0 Å². The molecule has 4 nitrogen and oxygen atoms in total. The Morgan fingerprint density at radius 3 is 2.53 bits per heavy atom. The lowest BCUT2D eigenvalue weighted by Gasteiger charge is -2.35. The molecule has 2 heterocycles. The molecule has 0 unspecified atom stereocenters. The van der Waals surface area contributed by atoms with E-state index in [0.717, 1.165) is 57.2 Å². The van der Waals surface area contributed by atoms with Crippen LogP contribution in [-0.4, -0.2) is 29.3 Å². The third-order valence-corrected chi connectivity index (χ3v) is 6.52. The maximum atomic E-state index is 13.8. The van der Waals surface area contributed by atoms with E-state index < -0.39 is 11.7 Å². The van der Waals surface area contributed by atoms with E-state index in [1.807, 2.05) is 19.1 Å². The minimum Gasteiger partial charge on any atom is -0.487 e. The second kappa shape index (κ2) is 9.61. The summed E-state index contributed by atoms with van der Waals surface area (Å²) in [7, 11) is 0. The Balaban J connectivity index is 1.42. The van der Waals surface area contributed by atoms with E-state index in [0.29, 0.717) is 29.1 Å². The van der Waals surface area contributed by atoms with Crippen LogP contribution < -0.4 is 4.74 Å². The van der Waals surface area contributed by atoms with Gasteiger partial charge >= 0.3 is 6.18 Å². The SMILES string of the molecule is Cc1nc(CN2CC(C=O)C2)ccc1OCc1ccc(C2CCCCC2)c(C(F)(F)F)c1. The number of carbonyl (C=O) groups is 1. The van der Waals surface area contributed by atoms with Crippen LogP contribution in [0, 0.1) is 12.8 Å². The topological polar surface area (TPSA) is 42.4 Å². The number of pyridine rings is 1. The molecular weight excluding hydrogens is 417 g/mol. The molecule has 1 aliphatic carbocycles. The number of likely N-dealkylation sites (tertiary alicyclic amines) is 1. The van der Waals surface area contributed by atoms with Gasteiger partial charge in [0.2, 0.25) is 0 Å². The minimum atomic E-state index is -4.37. The molecule has 1 saturated heterocycles. The van der Waals surface area contributed by atoms with E-state index in [-0.39, 0.29) is 18.4 Å². The van der Waals surface area contributed by atoms with Crippen molar-refractivity contribution in [1.82, 2.24) is 9.88 Å². The van der Waals surface area contributed by atoms with Crippen molar-refractivity contribution in [2.45, 2.75) is 64.3 Å². The lowest BCUT2D eigenvalue weighted by atomic mass is 9.81. The van der Waals surface area contributed by atoms with Crippen LogP contribution in [0.15, 0.2) is 30.3 Å². The Kier molecular flexibility index (Phi) is 6.84. The Hall–Kier alpha value is -2.41. The summed E-state index contributed by atoms with van der Waals surface area (Å²) in [4.78, 5) is 17.4. The van der Waals surface area contributed by atoms with E-state index in [2.05, 4.69) is 9.88 Å². The van der Waals surface area contributed by atoms with Gasteiger partial charge < -0.3 is 9.53 Å². The first-order valence-corrected chi connectivity index (χ1v) is 11.3. The average Bonchev–Trinajstić information content (AvgIpc) is 2.75. The first-order chi connectivity index (χ1) is 15.3. The number of hydrogen-bond donors (Lipinski definition) is 0. The number of alkyl halides is 3. The van der Waals surface area contributed by atoms with E-state index in [1.54, 1.807) is 12.1 Å². The molecule has 0 radical (unpaired) electrons. The molecule has 7 heteroatoms. The highest BCUT2D eigenvalue weighted by Gasteiger charge is 2.35. The maximum absolute atomic E-state index is 13.8. The first kappa shape index (κ1) is 22.8. The van der Waals surface area contributed by atoms with Crippen LogP contribution in [0.4, 0.5) is 13.2 Å². The lowest BCUT2D eigenvalue weighted by molar-refractivity contribution is -0.138. The molecule has 2 fully saturated rings. The summed E-state index contributed by atoms with van der Waals surface area (Å²) in [6, 6.07) is 8.32. The molecule has 172 valence electrons. The Morgan fingerprint density at radius 2 is 1.88 bits per heavy atom. The standard InChI is InChI=1S/C25H29F3N2O2/c1-17-24(10-8-21(29-17)14-30-12-19(13-30)15-31)32-16-18-7-9-22(20-5-3-2-4-6-20)23(11-18)25(26,27)28/h7-11,15,19-20H,2-6,12-14,16H2,1H3. The van der Waals surface area contributed by atoms with Crippen LogP contribution in [0.1, 0.15) is 66.1 Å². The predicted octanol–water partition coefficient (Wildman–Crippen LogP) is 5.67. The molecule has 2 aromatic rings. The first-order valence-electron chi connectivity index (χ1n) is 11.3. The van der Waals surface area contributed by atoms with Crippen LogP contribution in [0.25, 0.3) is 0 Å². The van der Waals surface area contributed by atoms with Gasteiger partial charge in [0.05, 0.1) is 17.0 Å². The molecule has 0 atom stereocenters. The molecule has 0 spiro atoms. The van der Waals surface area contributed by atoms with E-state index in [4.69, 9.17) is 4.74 Å². The van der Waals surface area contributed by atoms with Gasteiger partial charge in [0.15, 0.2) is 0 Å². The van der Waals surface area contributed by atoms with Crippen molar-refractivity contribution in [3.05, 3.63) is 58.4 Å². The zero-order chi connectivity index (χ0) is 22.7. The molecule has 1 aromatic heterocycles. The van der Waals surface area contributed by atoms with Crippen molar-refractivity contribution < 1.29 is 22.7 Å². The lowest BCUT2D eigenvalue weighted by Crippen LogP contribution is -2.46. The molecule has 4 rings (SSSR count). The van der Waals surface area contributed by atoms with Crippen molar-refractivity contribution in [2.24, 2.45) is 5.92 Å². The smallest absolute Gasteiger partial charge is 0.416 e. The number of rotatable bonds is 7. The summed E-state index contributed by atoms with van der Waals surface area (Å²) in [5.41, 5.74) is 1.98. The second-order valence-corrected chi connectivity index (χ2v) is 9.02. The summed E-state index contributed by atoms with van der Waals surface area (Å²) in [5.74, 6) is 0.667. The summed E-state index contributed by atoms with van der Waals surface area (Å²) in [5, 5.41) is 0. The second-order valence-electron chi connectivity index (χ2n) is 9.02. The molecule has 0 bridgehead atoms. The highest BCUT2D eigenvalue weighted by molar-refractivity contribution is 5.55. The normalized spacial score (nSPS) is 18.4. The van der Waals surface area contributed by atoms with Gasteiger partial charge in [0.25, 0.3) is 0 Å². The molecule has 0 amide bonds. The summed E-state index contributed by atoms with van der Waals surface area (Å²) >= 11 is 0. The van der Waals surface area contributed by atoms with Crippen LogP contribution in [-0.2, 0) is 24.1 Å². The molecule has 1 saturated carbocycles. The predicted molar refractivity (Wildman–Crippen MR) is 115 cm³/mol. The summed E-state index contributed by atoms with van der Waals surface area (Å²) in [6.07, 6.45) is 1.34. The molecule has 1 aromatic carbocycles. The van der Waals surface area contributed by atoms with Gasteiger partial charge in [-0.05, 0) is 55.0 Å². The fraction of sp³-hybridized carbons (Fsp3) is 0.520. The third kappa shape index (κ3) is 5.31. The molecule has 2 aliphatic rings. The number of ether oxygens (including phenoxy) is 1. The number of benzene rings is 1. The number of halogens is 3. The van der Waals surface area contributed by atoms with Crippen LogP contribution in [0.2, 0.25) is 0 Å². The van der Waals surface area contributed by atoms with E-state index in [9.17, 15) is 18.0 Å². The molecular formula is C25H29F3N2O2. The van der Waals surface area contributed by atoms with Gasteiger partial charge in [-0.2, -0.15) is 13.2 Å².